The van der Waals surface area contributed by atoms with Crippen LogP contribution < -0.4 is 10.1 Å². The number of hydrogen-bond donors (Lipinski definition) is 1. The third-order valence-electron chi connectivity index (χ3n) is 3.15. The molecule has 1 aliphatic rings. The van der Waals surface area contributed by atoms with Crippen LogP contribution in [0.5, 0.6) is 5.75 Å². The number of aryl methyl sites for hydroxylation is 1. The minimum Gasteiger partial charge on any atom is -0.490 e. The second-order valence-electron chi connectivity index (χ2n) is 4.62. The number of nitrogens with zero attached hydrogens (tertiary/aromatic N) is 2. The van der Waals surface area contributed by atoms with Crippen LogP contribution in [0.1, 0.15) is 23.9 Å². The summed E-state index contributed by atoms with van der Waals surface area (Å²) < 4.78 is 19.1. The zero-order chi connectivity index (χ0) is 14.1. The highest BCUT2D eigenvalue weighted by Crippen LogP contribution is 2.35. The molecule has 4 nitrogen and oxygen atoms in total. The summed E-state index contributed by atoms with van der Waals surface area (Å²) in [5.41, 5.74) is 0.795. The van der Waals surface area contributed by atoms with E-state index in [4.69, 9.17) is 16.3 Å². The van der Waals surface area contributed by atoms with Crippen molar-refractivity contribution in [3.05, 3.63) is 46.6 Å². The number of halogens is 2. The van der Waals surface area contributed by atoms with Crippen LogP contribution in [0.4, 0.5) is 10.2 Å². The average molecular weight is 294 g/mol. The molecule has 0 aliphatic carbocycles. The predicted octanol–water partition coefficient (Wildman–Crippen LogP) is 3.51. The quantitative estimate of drug-likeness (QED) is 0.861. The first-order valence-electron chi connectivity index (χ1n) is 6.32. The Balaban J connectivity index is 1.91. The molecule has 104 valence electrons. The average Bonchev–Trinajstić information content (AvgIpc) is 2.39. The minimum absolute atomic E-state index is 0.0557. The van der Waals surface area contributed by atoms with Crippen molar-refractivity contribution in [1.82, 2.24) is 9.97 Å². The Bertz CT molecular complexity index is 630. The number of rotatable bonds is 2. The van der Waals surface area contributed by atoms with Crippen molar-refractivity contribution in [2.24, 2.45) is 0 Å². The fourth-order valence-electron chi connectivity index (χ4n) is 2.32. The number of para-hydroxylation sites is 1. The molecule has 0 amide bonds. The van der Waals surface area contributed by atoms with Gasteiger partial charge in [-0.05, 0) is 13.0 Å². The Labute approximate surface area is 121 Å². The number of benzene rings is 1. The maximum absolute atomic E-state index is 13.7. The number of ether oxygens (including phenoxy) is 1. The van der Waals surface area contributed by atoms with Gasteiger partial charge in [0, 0.05) is 18.1 Å². The lowest BCUT2D eigenvalue weighted by Crippen LogP contribution is -2.21. The van der Waals surface area contributed by atoms with Crippen LogP contribution in [-0.2, 0) is 0 Å². The molecule has 1 aromatic carbocycles. The van der Waals surface area contributed by atoms with Gasteiger partial charge in [0.25, 0.3) is 0 Å². The van der Waals surface area contributed by atoms with E-state index < -0.39 is 0 Å². The van der Waals surface area contributed by atoms with Crippen molar-refractivity contribution in [3.63, 3.8) is 0 Å². The van der Waals surface area contributed by atoms with Crippen LogP contribution in [0.25, 0.3) is 0 Å². The van der Waals surface area contributed by atoms with Gasteiger partial charge in [0.05, 0.1) is 12.6 Å². The van der Waals surface area contributed by atoms with E-state index in [-0.39, 0.29) is 11.9 Å². The Morgan fingerprint density at radius 1 is 1.40 bits per heavy atom. The summed E-state index contributed by atoms with van der Waals surface area (Å²) in [7, 11) is 0. The van der Waals surface area contributed by atoms with E-state index in [0.717, 1.165) is 12.0 Å². The molecule has 2 heterocycles. The Kier molecular flexibility index (Phi) is 3.44. The number of aromatic nitrogens is 2. The van der Waals surface area contributed by atoms with Gasteiger partial charge in [-0.2, -0.15) is 0 Å². The molecule has 0 fully saturated rings. The maximum Gasteiger partial charge on any atom is 0.165 e. The van der Waals surface area contributed by atoms with E-state index in [1.165, 1.54) is 6.07 Å². The molecule has 1 atom stereocenters. The van der Waals surface area contributed by atoms with E-state index in [1.54, 1.807) is 19.1 Å². The molecule has 0 radical (unpaired) electrons. The van der Waals surface area contributed by atoms with Crippen LogP contribution in [0.15, 0.2) is 24.3 Å². The third-order valence-corrected chi connectivity index (χ3v) is 3.35. The lowest BCUT2D eigenvalue weighted by molar-refractivity contribution is 0.260. The van der Waals surface area contributed by atoms with Gasteiger partial charge in [0.1, 0.15) is 16.8 Å². The predicted molar refractivity (Wildman–Crippen MR) is 74.7 cm³/mol. The highest BCUT2D eigenvalue weighted by Gasteiger charge is 2.24. The first-order chi connectivity index (χ1) is 9.63. The highest BCUT2D eigenvalue weighted by atomic mass is 35.5. The van der Waals surface area contributed by atoms with Gasteiger partial charge in [-0.3, -0.25) is 0 Å². The molecule has 2 aromatic rings. The van der Waals surface area contributed by atoms with Crippen molar-refractivity contribution in [1.29, 1.82) is 0 Å². The molecule has 20 heavy (non-hydrogen) atoms. The van der Waals surface area contributed by atoms with E-state index in [2.05, 4.69) is 15.3 Å². The summed E-state index contributed by atoms with van der Waals surface area (Å²) >= 11 is 5.92. The van der Waals surface area contributed by atoms with E-state index in [0.29, 0.717) is 29.2 Å². The molecule has 0 bridgehead atoms. The lowest BCUT2D eigenvalue weighted by Gasteiger charge is -2.27. The zero-order valence-corrected chi connectivity index (χ0v) is 11.6. The van der Waals surface area contributed by atoms with Gasteiger partial charge in [-0.1, -0.05) is 23.7 Å². The molecule has 0 saturated heterocycles. The first kappa shape index (κ1) is 13.1. The van der Waals surface area contributed by atoms with Gasteiger partial charge in [0.15, 0.2) is 11.6 Å². The summed E-state index contributed by atoms with van der Waals surface area (Å²) in [6.45, 7) is 2.23. The Morgan fingerprint density at radius 3 is 3.05 bits per heavy atom. The molecule has 1 N–H and O–H groups in total. The van der Waals surface area contributed by atoms with Crippen LogP contribution >= 0.6 is 11.6 Å². The minimum atomic E-state index is -0.342. The number of fused-ring (bicyclic) bond motifs is 1. The topological polar surface area (TPSA) is 47.0 Å². The van der Waals surface area contributed by atoms with Crippen LogP contribution in [-0.4, -0.2) is 16.6 Å². The van der Waals surface area contributed by atoms with Crippen LogP contribution in [0.3, 0.4) is 0 Å². The standard InChI is InChI=1S/C14H13ClFN3O/c1-8-17-12(15)7-13(18-8)19-11-5-6-20-14-9(11)3-2-4-10(14)16/h2-4,7,11H,5-6H2,1H3,(H,17,18,19)/t11-/m0/s1. The summed E-state index contributed by atoms with van der Waals surface area (Å²) in [6, 6.07) is 6.52. The molecule has 1 aliphatic heterocycles. The Hall–Kier alpha value is -1.88. The lowest BCUT2D eigenvalue weighted by atomic mass is 10.0. The van der Waals surface area contributed by atoms with Crippen molar-refractivity contribution in [3.8, 4) is 5.75 Å². The van der Waals surface area contributed by atoms with Crippen LogP contribution in [0.2, 0.25) is 5.15 Å². The fraction of sp³-hybridized carbons (Fsp3) is 0.286. The first-order valence-corrected chi connectivity index (χ1v) is 6.70. The SMILES string of the molecule is Cc1nc(Cl)cc(N[C@H]2CCOc3c(F)cccc32)n1. The monoisotopic (exact) mass is 293 g/mol. The molecule has 1 aromatic heterocycles. The molecule has 0 unspecified atom stereocenters. The van der Waals surface area contributed by atoms with Crippen molar-refractivity contribution in [2.75, 3.05) is 11.9 Å². The van der Waals surface area contributed by atoms with Crippen molar-refractivity contribution < 1.29 is 9.13 Å². The summed E-state index contributed by atoms with van der Waals surface area (Å²) in [5.74, 6) is 1.19. The number of hydrogen-bond acceptors (Lipinski definition) is 4. The summed E-state index contributed by atoms with van der Waals surface area (Å²) in [5, 5.41) is 3.64. The molecule has 0 spiro atoms. The van der Waals surface area contributed by atoms with E-state index in [9.17, 15) is 4.39 Å². The summed E-state index contributed by atoms with van der Waals surface area (Å²) in [6.07, 6.45) is 0.733. The second kappa shape index (κ2) is 5.25. The Morgan fingerprint density at radius 2 is 2.25 bits per heavy atom. The molecular weight excluding hydrogens is 281 g/mol. The zero-order valence-electron chi connectivity index (χ0n) is 10.9. The molecule has 3 rings (SSSR count). The van der Waals surface area contributed by atoms with Gasteiger partial charge in [-0.15, -0.1) is 0 Å². The van der Waals surface area contributed by atoms with Crippen LogP contribution in [0, 0.1) is 12.7 Å². The van der Waals surface area contributed by atoms with Gasteiger partial charge >= 0.3 is 0 Å². The largest absolute Gasteiger partial charge is 0.490 e. The second-order valence-corrected chi connectivity index (χ2v) is 5.00. The normalized spacial score (nSPS) is 17.2. The van der Waals surface area contributed by atoms with E-state index >= 15 is 0 Å². The van der Waals surface area contributed by atoms with Crippen molar-refractivity contribution in [2.45, 2.75) is 19.4 Å². The highest BCUT2D eigenvalue weighted by molar-refractivity contribution is 6.29. The third kappa shape index (κ3) is 2.54. The number of nitrogens with one attached hydrogen (secondary N) is 1. The summed E-state index contributed by atoms with van der Waals surface area (Å²) in [4.78, 5) is 8.30. The van der Waals surface area contributed by atoms with E-state index in [1.807, 2.05) is 6.07 Å². The molecular formula is C14H13ClFN3O. The molecule has 6 heteroatoms. The van der Waals surface area contributed by atoms with Gasteiger partial charge in [0.2, 0.25) is 0 Å². The molecule has 0 saturated carbocycles. The van der Waals surface area contributed by atoms with Gasteiger partial charge < -0.3 is 10.1 Å². The number of anilines is 1. The van der Waals surface area contributed by atoms with Crippen molar-refractivity contribution >= 4 is 17.4 Å². The maximum atomic E-state index is 13.7. The van der Waals surface area contributed by atoms with Gasteiger partial charge in [-0.25, -0.2) is 14.4 Å². The fourth-order valence-corrected chi connectivity index (χ4v) is 2.55. The smallest absolute Gasteiger partial charge is 0.165 e.